The molecule has 1 rings (SSSR count). The molecule has 1 aromatic rings. The third-order valence-corrected chi connectivity index (χ3v) is 3.43. The molecule has 0 saturated heterocycles. The van der Waals surface area contributed by atoms with Crippen LogP contribution in [-0.4, -0.2) is 24.9 Å². The van der Waals surface area contributed by atoms with Gasteiger partial charge in [0.1, 0.15) is 9.40 Å². The lowest BCUT2D eigenvalue weighted by atomic mass is 10.4. The number of hydrogen-bond donors (Lipinski definition) is 0. The van der Waals surface area contributed by atoms with Crippen molar-refractivity contribution >= 4 is 40.9 Å². The lowest BCUT2D eigenvalue weighted by Gasteiger charge is -2.13. The van der Waals surface area contributed by atoms with Crippen LogP contribution in [0.3, 0.4) is 0 Å². The minimum absolute atomic E-state index is 0.00690. The van der Waals surface area contributed by atoms with Crippen LogP contribution >= 0.6 is 35.0 Å². The predicted octanol–water partition coefficient (Wildman–Crippen LogP) is 3.51. The summed E-state index contributed by atoms with van der Waals surface area (Å²) in [5.41, 5.74) is 0. The Morgan fingerprint density at radius 2 is 1.75 bits per heavy atom. The molecule has 0 radical (unpaired) electrons. The normalized spacial score (nSPS) is 9.75. The molecule has 1 aromatic carbocycles. The maximum absolute atomic E-state index is 11.8. The number of hydrogen-bond acceptors (Lipinski definition) is 2. The highest BCUT2D eigenvalue weighted by Crippen LogP contribution is 2.32. The molecule has 1 amide bonds. The largest absolute Gasteiger partial charge is 0.344 e. The first-order chi connectivity index (χ1) is 7.52. The summed E-state index contributed by atoms with van der Waals surface area (Å²) in [6.07, 6.45) is 0. The van der Waals surface area contributed by atoms with Gasteiger partial charge in [-0.15, -0.1) is 0 Å². The number of likely N-dealkylation sites (N-methyl/N-ethyl adjacent to an activating group) is 1. The number of nitrogens with zero attached hydrogens (tertiary/aromatic N) is 1. The van der Waals surface area contributed by atoms with Crippen LogP contribution in [0.15, 0.2) is 44.6 Å². The molecule has 0 spiro atoms. The Labute approximate surface area is 109 Å². The van der Waals surface area contributed by atoms with E-state index in [-0.39, 0.29) is 10.4 Å². The van der Waals surface area contributed by atoms with E-state index in [0.717, 1.165) is 4.90 Å². The Hall–Kier alpha value is -0.640. The van der Waals surface area contributed by atoms with E-state index in [0.29, 0.717) is 4.91 Å². The highest BCUT2D eigenvalue weighted by atomic mass is 35.5. The summed E-state index contributed by atoms with van der Waals surface area (Å²) in [5.74, 6) is -0.200. The number of benzene rings is 1. The zero-order valence-electron chi connectivity index (χ0n) is 8.91. The second-order valence-corrected chi connectivity index (χ2v) is 5.24. The van der Waals surface area contributed by atoms with E-state index in [1.165, 1.54) is 16.7 Å². The molecule has 0 unspecified atom stereocenters. The second kappa shape index (κ2) is 6.18. The van der Waals surface area contributed by atoms with Gasteiger partial charge < -0.3 is 4.90 Å². The fourth-order valence-corrected chi connectivity index (χ4v) is 2.24. The second-order valence-electron chi connectivity index (χ2n) is 3.20. The molecule has 0 N–H and O–H groups in total. The Kier molecular flexibility index (Phi) is 5.19. The minimum atomic E-state index is -0.200. The monoisotopic (exact) mass is 275 g/mol. The molecule has 0 aliphatic heterocycles. The van der Waals surface area contributed by atoms with Crippen LogP contribution < -0.4 is 0 Å². The van der Waals surface area contributed by atoms with Crippen molar-refractivity contribution in [1.82, 2.24) is 4.90 Å². The molecule has 86 valence electrons. The first-order valence-corrected chi connectivity index (χ1v) is 6.09. The minimum Gasteiger partial charge on any atom is -0.344 e. The molecule has 0 atom stereocenters. The Balaban J connectivity index is 2.91. The molecule has 5 heteroatoms. The van der Waals surface area contributed by atoms with Crippen LogP contribution in [-0.2, 0) is 4.79 Å². The van der Waals surface area contributed by atoms with Gasteiger partial charge >= 0.3 is 0 Å². The smallest absolute Gasteiger partial charge is 0.262 e. The van der Waals surface area contributed by atoms with Gasteiger partial charge in [0, 0.05) is 19.0 Å². The molecule has 0 heterocycles. The Morgan fingerprint density at radius 1 is 1.19 bits per heavy atom. The molecule has 0 fully saturated rings. The average molecular weight is 276 g/mol. The molecule has 0 bridgehead atoms. The zero-order chi connectivity index (χ0) is 12.1. The maximum Gasteiger partial charge on any atom is 0.262 e. The number of thioether (sulfide) groups is 1. The van der Waals surface area contributed by atoms with E-state index in [1.807, 2.05) is 30.3 Å². The molecular weight excluding hydrogens is 265 g/mol. The van der Waals surface area contributed by atoms with Gasteiger partial charge in [-0.05, 0) is 12.1 Å². The van der Waals surface area contributed by atoms with E-state index in [4.69, 9.17) is 23.2 Å². The number of amides is 1. The van der Waals surface area contributed by atoms with Crippen LogP contribution in [0.2, 0.25) is 0 Å². The lowest BCUT2D eigenvalue weighted by molar-refractivity contribution is -0.123. The van der Waals surface area contributed by atoms with Gasteiger partial charge in [0.2, 0.25) is 0 Å². The van der Waals surface area contributed by atoms with Crippen molar-refractivity contribution < 1.29 is 4.79 Å². The molecule has 0 aliphatic rings. The fourth-order valence-electron chi connectivity index (χ4n) is 0.973. The SMILES string of the molecule is CN(C)C(=O)C(Sc1ccccc1)=C(Cl)Cl. The first kappa shape index (κ1) is 13.4. The van der Waals surface area contributed by atoms with Crippen LogP contribution in [0, 0.1) is 0 Å². The van der Waals surface area contributed by atoms with E-state index < -0.39 is 0 Å². The van der Waals surface area contributed by atoms with Gasteiger partial charge in [0.05, 0.1) is 0 Å². The Morgan fingerprint density at radius 3 is 2.19 bits per heavy atom. The van der Waals surface area contributed by atoms with Crippen molar-refractivity contribution in [2.24, 2.45) is 0 Å². The fraction of sp³-hybridized carbons (Fsp3) is 0.182. The summed E-state index contributed by atoms with van der Waals surface area (Å²) < 4.78 is -0.00690. The van der Waals surface area contributed by atoms with E-state index in [1.54, 1.807) is 14.1 Å². The standard InChI is InChI=1S/C11H11Cl2NOS/c1-14(2)11(15)9(10(12)13)16-8-6-4-3-5-7-8/h3-7H,1-2H3. The number of rotatable bonds is 3. The molecular formula is C11H11Cl2NOS. The molecule has 2 nitrogen and oxygen atoms in total. The van der Waals surface area contributed by atoms with Crippen molar-refractivity contribution in [3.05, 3.63) is 39.7 Å². The quantitative estimate of drug-likeness (QED) is 0.622. The molecule has 16 heavy (non-hydrogen) atoms. The van der Waals surface area contributed by atoms with Crippen molar-refractivity contribution in [2.75, 3.05) is 14.1 Å². The van der Waals surface area contributed by atoms with Gasteiger partial charge in [-0.3, -0.25) is 4.79 Å². The highest BCUT2D eigenvalue weighted by Gasteiger charge is 2.16. The van der Waals surface area contributed by atoms with E-state index >= 15 is 0 Å². The predicted molar refractivity (Wildman–Crippen MR) is 69.7 cm³/mol. The van der Waals surface area contributed by atoms with Crippen molar-refractivity contribution in [3.63, 3.8) is 0 Å². The van der Waals surface area contributed by atoms with Crippen molar-refractivity contribution in [1.29, 1.82) is 0 Å². The van der Waals surface area contributed by atoms with Gasteiger partial charge in [0.25, 0.3) is 5.91 Å². The molecule has 0 saturated carbocycles. The lowest BCUT2D eigenvalue weighted by Crippen LogP contribution is -2.22. The number of carbonyl (C=O) groups is 1. The highest BCUT2D eigenvalue weighted by molar-refractivity contribution is 8.04. The molecule has 0 aromatic heterocycles. The van der Waals surface area contributed by atoms with E-state index in [2.05, 4.69) is 0 Å². The maximum atomic E-state index is 11.8. The van der Waals surface area contributed by atoms with Gasteiger partial charge in [-0.25, -0.2) is 0 Å². The summed E-state index contributed by atoms with van der Waals surface area (Å²) >= 11 is 12.7. The topological polar surface area (TPSA) is 20.3 Å². The summed E-state index contributed by atoms with van der Waals surface area (Å²) in [5, 5.41) is 0. The number of carbonyl (C=O) groups excluding carboxylic acids is 1. The third-order valence-electron chi connectivity index (χ3n) is 1.74. The van der Waals surface area contributed by atoms with Crippen molar-refractivity contribution in [3.8, 4) is 0 Å². The van der Waals surface area contributed by atoms with Gasteiger partial charge in [-0.1, -0.05) is 53.2 Å². The van der Waals surface area contributed by atoms with Crippen molar-refractivity contribution in [2.45, 2.75) is 4.90 Å². The van der Waals surface area contributed by atoms with E-state index in [9.17, 15) is 4.79 Å². The average Bonchev–Trinajstić information content (AvgIpc) is 2.26. The number of halogens is 2. The van der Waals surface area contributed by atoms with Crippen LogP contribution in [0.4, 0.5) is 0 Å². The first-order valence-electron chi connectivity index (χ1n) is 4.52. The van der Waals surface area contributed by atoms with Gasteiger partial charge in [-0.2, -0.15) is 0 Å². The summed E-state index contributed by atoms with van der Waals surface area (Å²) in [4.78, 5) is 14.5. The summed E-state index contributed by atoms with van der Waals surface area (Å²) in [6, 6.07) is 9.47. The summed E-state index contributed by atoms with van der Waals surface area (Å²) in [6.45, 7) is 0. The van der Waals surface area contributed by atoms with Crippen LogP contribution in [0.1, 0.15) is 0 Å². The zero-order valence-corrected chi connectivity index (χ0v) is 11.2. The molecule has 0 aliphatic carbocycles. The van der Waals surface area contributed by atoms with Gasteiger partial charge in [0.15, 0.2) is 0 Å². The van der Waals surface area contributed by atoms with Crippen LogP contribution in [0.25, 0.3) is 0 Å². The Bertz CT molecular complexity index is 400. The van der Waals surface area contributed by atoms with Crippen LogP contribution in [0.5, 0.6) is 0 Å². The summed E-state index contributed by atoms with van der Waals surface area (Å²) in [7, 11) is 3.31. The third kappa shape index (κ3) is 3.74.